The van der Waals surface area contributed by atoms with Crippen molar-refractivity contribution in [2.24, 2.45) is 5.10 Å². The third-order valence-corrected chi connectivity index (χ3v) is 4.39. The summed E-state index contributed by atoms with van der Waals surface area (Å²) in [6.07, 6.45) is 1.41. The Morgan fingerprint density at radius 3 is 2.48 bits per heavy atom. The summed E-state index contributed by atoms with van der Waals surface area (Å²) in [5.74, 6) is 0.276. The molecule has 0 heterocycles. The minimum absolute atomic E-state index is 0.00612. The van der Waals surface area contributed by atoms with E-state index in [2.05, 4.69) is 26.5 Å². The number of hydrogen-bond donors (Lipinski definition) is 1. The number of nitro benzene ring substituents is 1. The summed E-state index contributed by atoms with van der Waals surface area (Å²) in [7, 11) is 0. The van der Waals surface area contributed by atoms with E-state index in [1.807, 2.05) is 24.3 Å². The number of hydrogen-bond acceptors (Lipinski definition) is 5. The first-order valence-electron chi connectivity index (χ1n) is 8.56. The van der Waals surface area contributed by atoms with Gasteiger partial charge in [-0.2, -0.15) is 5.10 Å². The molecule has 0 unspecified atom stereocenters. The maximum atomic E-state index is 12.1. The van der Waals surface area contributed by atoms with Crippen molar-refractivity contribution in [3.8, 4) is 5.75 Å². The van der Waals surface area contributed by atoms with Crippen molar-refractivity contribution in [1.29, 1.82) is 0 Å². The molecule has 0 aliphatic rings. The van der Waals surface area contributed by atoms with Crippen LogP contribution in [0.15, 0.2) is 82.4 Å². The molecule has 3 aromatic carbocycles. The number of nitrogens with one attached hydrogen (secondary N) is 1. The van der Waals surface area contributed by atoms with Gasteiger partial charge in [-0.3, -0.25) is 14.9 Å². The second-order valence-electron chi connectivity index (χ2n) is 5.99. The molecule has 0 saturated heterocycles. The lowest BCUT2D eigenvalue weighted by Crippen LogP contribution is -2.17. The summed E-state index contributed by atoms with van der Waals surface area (Å²) >= 11 is 3.42. The van der Waals surface area contributed by atoms with Gasteiger partial charge in [-0.25, -0.2) is 5.43 Å². The highest BCUT2D eigenvalue weighted by atomic mass is 79.9. The number of nitro groups is 1. The third kappa shape index (κ3) is 5.98. The number of non-ortho nitro benzene ring substituents is 1. The van der Waals surface area contributed by atoms with Crippen LogP contribution in [0.3, 0.4) is 0 Å². The molecular formula is C21H16BrN3O4. The van der Waals surface area contributed by atoms with Crippen molar-refractivity contribution in [2.75, 3.05) is 0 Å². The quantitative estimate of drug-likeness (QED) is 0.318. The Hall–Kier alpha value is -3.52. The van der Waals surface area contributed by atoms with E-state index >= 15 is 0 Å². The summed E-state index contributed by atoms with van der Waals surface area (Å²) in [4.78, 5) is 22.3. The number of halogens is 1. The van der Waals surface area contributed by atoms with Crippen LogP contribution in [-0.2, 0) is 6.61 Å². The molecule has 0 aromatic heterocycles. The molecule has 146 valence electrons. The molecule has 0 radical (unpaired) electrons. The highest BCUT2D eigenvalue weighted by Gasteiger charge is 2.05. The average Bonchev–Trinajstić information content (AvgIpc) is 2.73. The number of benzene rings is 3. The lowest BCUT2D eigenvalue weighted by molar-refractivity contribution is -0.384. The molecule has 7 nitrogen and oxygen atoms in total. The Morgan fingerprint density at radius 2 is 1.83 bits per heavy atom. The fourth-order valence-electron chi connectivity index (χ4n) is 2.41. The lowest BCUT2D eigenvalue weighted by Gasteiger charge is -2.07. The van der Waals surface area contributed by atoms with E-state index in [0.717, 1.165) is 10.0 Å². The molecule has 0 aliphatic heterocycles. The van der Waals surface area contributed by atoms with E-state index in [4.69, 9.17) is 4.74 Å². The summed E-state index contributed by atoms with van der Waals surface area (Å²) in [6, 6.07) is 20.4. The van der Waals surface area contributed by atoms with Crippen LogP contribution in [-0.4, -0.2) is 17.0 Å². The van der Waals surface area contributed by atoms with E-state index in [-0.39, 0.29) is 11.6 Å². The van der Waals surface area contributed by atoms with E-state index in [9.17, 15) is 14.9 Å². The van der Waals surface area contributed by atoms with Crippen LogP contribution in [0.2, 0.25) is 0 Å². The van der Waals surface area contributed by atoms with E-state index in [1.165, 1.54) is 18.3 Å². The van der Waals surface area contributed by atoms with Crippen LogP contribution in [0.5, 0.6) is 5.75 Å². The van der Waals surface area contributed by atoms with Gasteiger partial charge >= 0.3 is 0 Å². The topological polar surface area (TPSA) is 93.8 Å². The maximum absolute atomic E-state index is 12.1. The number of ether oxygens (including phenoxy) is 1. The minimum atomic E-state index is -0.477. The van der Waals surface area contributed by atoms with E-state index in [1.54, 1.807) is 36.4 Å². The fourth-order valence-corrected chi connectivity index (χ4v) is 2.85. The molecule has 3 rings (SSSR count). The van der Waals surface area contributed by atoms with Gasteiger partial charge in [0.1, 0.15) is 12.4 Å². The SMILES string of the molecule is O=C(NN=Cc1ccc([N+](=O)[O-])cc1)c1ccc(OCc2cccc(Br)c2)cc1. The largest absolute Gasteiger partial charge is 0.489 e. The molecule has 0 saturated carbocycles. The molecule has 29 heavy (non-hydrogen) atoms. The fraction of sp³-hybridized carbons (Fsp3) is 0.0476. The summed E-state index contributed by atoms with van der Waals surface area (Å²) < 4.78 is 6.70. The Kier molecular flexibility index (Phi) is 6.70. The Balaban J connectivity index is 1.52. The third-order valence-electron chi connectivity index (χ3n) is 3.89. The van der Waals surface area contributed by atoms with Crippen molar-refractivity contribution in [3.05, 3.63) is 104 Å². The zero-order valence-electron chi connectivity index (χ0n) is 15.1. The normalized spacial score (nSPS) is 10.7. The number of hydrazone groups is 1. The smallest absolute Gasteiger partial charge is 0.271 e. The number of rotatable bonds is 7. The first-order chi connectivity index (χ1) is 14.0. The van der Waals surface area contributed by atoms with Crippen molar-refractivity contribution >= 4 is 33.7 Å². The van der Waals surface area contributed by atoms with Crippen molar-refractivity contribution in [1.82, 2.24) is 5.43 Å². The highest BCUT2D eigenvalue weighted by Crippen LogP contribution is 2.17. The zero-order chi connectivity index (χ0) is 20.6. The molecule has 1 amide bonds. The molecule has 0 fully saturated rings. The summed E-state index contributed by atoms with van der Waals surface area (Å²) in [5.41, 5.74) is 4.51. The van der Waals surface area contributed by atoms with E-state index in [0.29, 0.717) is 23.5 Å². The van der Waals surface area contributed by atoms with Crippen molar-refractivity contribution < 1.29 is 14.5 Å². The van der Waals surface area contributed by atoms with Crippen LogP contribution in [0, 0.1) is 10.1 Å². The standard InChI is InChI=1S/C21H16BrN3O4/c22-18-3-1-2-16(12-18)14-29-20-10-6-17(7-11-20)21(26)24-23-13-15-4-8-19(9-5-15)25(27)28/h1-13H,14H2,(H,24,26). The predicted molar refractivity (Wildman–Crippen MR) is 113 cm³/mol. The lowest BCUT2D eigenvalue weighted by atomic mass is 10.2. The number of carbonyl (C=O) groups excluding carboxylic acids is 1. The monoisotopic (exact) mass is 453 g/mol. The molecule has 0 spiro atoms. The highest BCUT2D eigenvalue weighted by molar-refractivity contribution is 9.10. The van der Waals surface area contributed by atoms with Gasteiger partial charge in [-0.05, 0) is 59.7 Å². The van der Waals surface area contributed by atoms with Gasteiger partial charge in [0.2, 0.25) is 0 Å². The predicted octanol–water partition coefficient (Wildman–Crippen LogP) is 4.70. The van der Waals surface area contributed by atoms with Gasteiger partial charge in [0.25, 0.3) is 11.6 Å². The molecule has 0 bridgehead atoms. The molecule has 1 N–H and O–H groups in total. The van der Waals surface area contributed by atoms with Gasteiger partial charge in [0.05, 0.1) is 11.1 Å². The summed E-state index contributed by atoms with van der Waals surface area (Å²) in [5, 5.41) is 14.5. The molecular weight excluding hydrogens is 438 g/mol. The summed E-state index contributed by atoms with van der Waals surface area (Å²) in [6.45, 7) is 0.421. The number of carbonyl (C=O) groups is 1. The second kappa shape index (κ2) is 9.61. The van der Waals surface area contributed by atoms with Gasteiger partial charge < -0.3 is 4.74 Å². The average molecular weight is 454 g/mol. The van der Waals surface area contributed by atoms with Crippen molar-refractivity contribution in [2.45, 2.75) is 6.61 Å². The number of amides is 1. The molecule has 0 atom stereocenters. The van der Waals surface area contributed by atoms with Crippen LogP contribution < -0.4 is 10.2 Å². The Bertz CT molecular complexity index is 1030. The Labute approximate surface area is 175 Å². The van der Waals surface area contributed by atoms with Crippen LogP contribution in [0.1, 0.15) is 21.5 Å². The van der Waals surface area contributed by atoms with Crippen LogP contribution >= 0.6 is 15.9 Å². The van der Waals surface area contributed by atoms with Gasteiger partial charge in [0.15, 0.2) is 0 Å². The molecule has 8 heteroatoms. The first kappa shape index (κ1) is 20.2. The van der Waals surface area contributed by atoms with Gasteiger partial charge in [-0.1, -0.05) is 28.1 Å². The molecule has 3 aromatic rings. The first-order valence-corrected chi connectivity index (χ1v) is 9.36. The van der Waals surface area contributed by atoms with Crippen LogP contribution in [0.25, 0.3) is 0 Å². The van der Waals surface area contributed by atoms with Crippen molar-refractivity contribution in [3.63, 3.8) is 0 Å². The van der Waals surface area contributed by atoms with E-state index < -0.39 is 4.92 Å². The molecule has 0 aliphatic carbocycles. The van der Waals surface area contributed by atoms with Crippen LogP contribution in [0.4, 0.5) is 5.69 Å². The second-order valence-corrected chi connectivity index (χ2v) is 6.91. The minimum Gasteiger partial charge on any atom is -0.489 e. The van der Waals surface area contributed by atoms with Gasteiger partial charge in [-0.15, -0.1) is 0 Å². The van der Waals surface area contributed by atoms with Gasteiger partial charge in [0, 0.05) is 22.2 Å². The maximum Gasteiger partial charge on any atom is 0.271 e. The Morgan fingerprint density at radius 1 is 1.10 bits per heavy atom. The zero-order valence-corrected chi connectivity index (χ0v) is 16.7. The number of nitrogens with zero attached hydrogens (tertiary/aromatic N) is 2.